The summed E-state index contributed by atoms with van der Waals surface area (Å²) in [5.74, 6) is 0.586. The number of benzene rings is 2. The lowest BCUT2D eigenvalue weighted by atomic mass is 10.3. The van der Waals surface area contributed by atoms with Crippen LogP contribution in [0.4, 0.5) is 17.1 Å². The van der Waals surface area contributed by atoms with Crippen molar-refractivity contribution >= 4 is 34.0 Å². The molecule has 0 atom stereocenters. The fraction of sp³-hybridized carbons (Fsp3) is 0.0625. The van der Waals surface area contributed by atoms with Gasteiger partial charge in [-0.05, 0) is 24.3 Å². The predicted molar refractivity (Wildman–Crippen MR) is 99.6 cm³/mol. The zero-order valence-corrected chi connectivity index (χ0v) is 14.2. The number of aliphatic imine (C=N–C) groups is 1. The van der Waals surface area contributed by atoms with Gasteiger partial charge in [-0.3, -0.25) is 21.0 Å². The maximum Gasteiger partial charge on any atom is 0.269 e. The monoisotopic (exact) mass is 367 g/mol. The van der Waals surface area contributed by atoms with E-state index >= 15 is 0 Å². The van der Waals surface area contributed by atoms with Crippen LogP contribution in [0.3, 0.4) is 0 Å². The van der Waals surface area contributed by atoms with Crippen molar-refractivity contribution in [2.45, 2.75) is 5.75 Å². The second-order valence-electron chi connectivity index (χ2n) is 5.40. The summed E-state index contributed by atoms with van der Waals surface area (Å²) in [7, 11) is 0. The first-order valence-electron chi connectivity index (χ1n) is 7.68. The Morgan fingerprint density at radius 1 is 1.12 bits per heavy atom. The molecule has 0 bridgehead atoms. The van der Waals surface area contributed by atoms with Gasteiger partial charge in [0.25, 0.3) is 5.69 Å². The van der Waals surface area contributed by atoms with Crippen LogP contribution >= 0.6 is 11.8 Å². The largest absolute Gasteiger partial charge is 0.297 e. The molecule has 0 radical (unpaired) electrons. The number of rotatable bonds is 4. The van der Waals surface area contributed by atoms with Gasteiger partial charge in [0.05, 0.1) is 33.9 Å². The zero-order chi connectivity index (χ0) is 17.9. The van der Waals surface area contributed by atoms with Gasteiger partial charge in [-0.2, -0.15) is 0 Å². The third-order valence-electron chi connectivity index (χ3n) is 3.65. The van der Waals surface area contributed by atoms with Crippen molar-refractivity contribution in [1.82, 2.24) is 20.4 Å². The number of nitrogens with zero attached hydrogens (tertiary/aromatic N) is 5. The third-order valence-corrected chi connectivity index (χ3v) is 4.56. The second kappa shape index (κ2) is 6.84. The molecule has 1 aliphatic rings. The average molecular weight is 367 g/mol. The third kappa shape index (κ3) is 3.35. The first-order chi connectivity index (χ1) is 12.7. The molecular weight excluding hydrogens is 354 g/mol. The standard InChI is InChI=1S/C16H13N7O2S/c24-23(25)13-7-5-12(6-8-13)22-9-11(18-21-22)10-26-16-17-14-3-1-2-4-15(14)19-20-16/h1-9,19H,10H2,(H,17,20). The molecule has 1 aliphatic heterocycles. The Morgan fingerprint density at radius 3 is 2.73 bits per heavy atom. The van der Waals surface area contributed by atoms with Crippen molar-refractivity contribution in [2.75, 3.05) is 5.43 Å². The minimum Gasteiger partial charge on any atom is -0.297 e. The van der Waals surface area contributed by atoms with Gasteiger partial charge in [-0.1, -0.05) is 29.1 Å². The van der Waals surface area contributed by atoms with Crippen LogP contribution in [0.5, 0.6) is 0 Å². The van der Waals surface area contributed by atoms with Gasteiger partial charge < -0.3 is 0 Å². The van der Waals surface area contributed by atoms with Crippen molar-refractivity contribution in [3.63, 3.8) is 0 Å². The molecule has 2 N–H and O–H groups in total. The first-order valence-corrected chi connectivity index (χ1v) is 8.66. The fourth-order valence-corrected chi connectivity index (χ4v) is 3.07. The van der Waals surface area contributed by atoms with Crippen LogP contribution in [0.15, 0.2) is 59.7 Å². The highest BCUT2D eigenvalue weighted by Crippen LogP contribution is 2.28. The van der Waals surface area contributed by atoms with E-state index in [1.54, 1.807) is 23.0 Å². The summed E-state index contributed by atoms with van der Waals surface area (Å²) in [6.07, 6.45) is 1.79. The summed E-state index contributed by atoms with van der Waals surface area (Å²) in [6.45, 7) is 0. The number of thioether (sulfide) groups is 1. The summed E-state index contributed by atoms with van der Waals surface area (Å²) in [4.78, 5) is 14.8. The molecule has 130 valence electrons. The summed E-state index contributed by atoms with van der Waals surface area (Å²) in [5.41, 5.74) is 9.48. The number of hydrazine groups is 1. The van der Waals surface area contributed by atoms with E-state index in [9.17, 15) is 10.1 Å². The summed E-state index contributed by atoms with van der Waals surface area (Å²) in [5, 5.41) is 19.7. The number of nitro groups is 1. The van der Waals surface area contributed by atoms with Gasteiger partial charge in [-0.25, -0.2) is 9.67 Å². The molecule has 0 spiro atoms. The Hall–Kier alpha value is -3.40. The Balaban J connectivity index is 1.43. The summed E-state index contributed by atoms with van der Waals surface area (Å²) >= 11 is 1.50. The first kappa shape index (κ1) is 16.1. The summed E-state index contributed by atoms with van der Waals surface area (Å²) < 4.78 is 1.59. The highest BCUT2D eigenvalue weighted by Gasteiger charge is 2.12. The lowest BCUT2D eigenvalue weighted by Crippen LogP contribution is -2.29. The van der Waals surface area contributed by atoms with Crippen LogP contribution < -0.4 is 10.9 Å². The van der Waals surface area contributed by atoms with E-state index < -0.39 is 4.92 Å². The van der Waals surface area contributed by atoms with E-state index in [2.05, 4.69) is 26.2 Å². The van der Waals surface area contributed by atoms with Crippen LogP contribution in [-0.2, 0) is 5.75 Å². The number of nitro benzene ring substituents is 1. The number of nitrogens with one attached hydrogen (secondary N) is 2. The van der Waals surface area contributed by atoms with Crippen molar-refractivity contribution in [1.29, 1.82) is 0 Å². The van der Waals surface area contributed by atoms with Gasteiger partial charge in [0, 0.05) is 17.9 Å². The Labute approximate surface area is 152 Å². The van der Waals surface area contributed by atoms with Gasteiger partial charge in [0.1, 0.15) is 0 Å². The van der Waals surface area contributed by atoms with Gasteiger partial charge in [0.15, 0.2) is 5.17 Å². The van der Waals surface area contributed by atoms with E-state index in [0.717, 1.165) is 22.2 Å². The number of fused-ring (bicyclic) bond motifs is 1. The predicted octanol–water partition coefficient (Wildman–Crippen LogP) is 3.03. The topological polar surface area (TPSA) is 110 Å². The second-order valence-corrected chi connectivity index (χ2v) is 6.36. The lowest BCUT2D eigenvalue weighted by Gasteiger charge is -2.18. The quantitative estimate of drug-likeness (QED) is 0.538. The molecule has 3 aromatic rings. The van der Waals surface area contributed by atoms with Crippen LogP contribution in [0, 0.1) is 10.1 Å². The molecule has 4 rings (SSSR count). The number of para-hydroxylation sites is 2. The molecule has 0 amide bonds. The molecule has 0 saturated carbocycles. The number of anilines is 1. The molecule has 0 aliphatic carbocycles. The van der Waals surface area contributed by atoms with Crippen LogP contribution in [0.1, 0.15) is 5.69 Å². The van der Waals surface area contributed by atoms with Crippen molar-refractivity contribution < 1.29 is 4.92 Å². The molecule has 0 unspecified atom stereocenters. The van der Waals surface area contributed by atoms with Gasteiger partial charge >= 0.3 is 0 Å². The molecule has 26 heavy (non-hydrogen) atoms. The number of non-ortho nitro benzene ring substituents is 1. The molecule has 1 aromatic heterocycles. The van der Waals surface area contributed by atoms with Crippen LogP contribution in [0.25, 0.3) is 5.69 Å². The number of hydrogen-bond acceptors (Lipinski definition) is 8. The van der Waals surface area contributed by atoms with Crippen molar-refractivity contribution in [2.24, 2.45) is 4.99 Å². The van der Waals surface area contributed by atoms with E-state index in [4.69, 9.17) is 0 Å². The minimum atomic E-state index is -0.433. The molecule has 0 fully saturated rings. The van der Waals surface area contributed by atoms with Crippen LogP contribution in [-0.4, -0.2) is 25.1 Å². The molecule has 10 heteroatoms. The SMILES string of the molecule is O=[N+]([O-])c1ccc(-n2cc(CSC3=Nc4ccccc4NN3)nn2)cc1. The van der Waals surface area contributed by atoms with E-state index in [1.807, 2.05) is 24.3 Å². The number of hydrogen-bond donors (Lipinski definition) is 2. The minimum absolute atomic E-state index is 0.0406. The maximum absolute atomic E-state index is 10.7. The van der Waals surface area contributed by atoms with E-state index in [-0.39, 0.29) is 5.69 Å². The maximum atomic E-state index is 10.7. The summed E-state index contributed by atoms with van der Waals surface area (Å²) in [6, 6.07) is 13.9. The highest BCUT2D eigenvalue weighted by atomic mass is 32.2. The fourth-order valence-electron chi connectivity index (χ4n) is 2.36. The Morgan fingerprint density at radius 2 is 1.92 bits per heavy atom. The van der Waals surface area contributed by atoms with Crippen molar-refractivity contribution in [3.8, 4) is 5.69 Å². The van der Waals surface area contributed by atoms with E-state index in [0.29, 0.717) is 11.4 Å². The average Bonchev–Trinajstić information content (AvgIpc) is 3.15. The smallest absolute Gasteiger partial charge is 0.269 e. The van der Waals surface area contributed by atoms with E-state index in [1.165, 1.54) is 23.9 Å². The molecular formula is C16H13N7O2S. The number of amidine groups is 1. The van der Waals surface area contributed by atoms with Crippen molar-refractivity contribution in [3.05, 3.63) is 70.5 Å². The normalized spacial score (nSPS) is 12.5. The van der Waals surface area contributed by atoms with Crippen LogP contribution in [0.2, 0.25) is 0 Å². The molecule has 2 heterocycles. The Kier molecular flexibility index (Phi) is 4.23. The van der Waals surface area contributed by atoms with Gasteiger partial charge in [0.2, 0.25) is 0 Å². The highest BCUT2D eigenvalue weighted by molar-refractivity contribution is 8.13. The molecule has 0 saturated heterocycles. The Bertz CT molecular complexity index is 984. The molecule has 9 nitrogen and oxygen atoms in total. The zero-order valence-electron chi connectivity index (χ0n) is 13.4. The molecule has 2 aromatic carbocycles. The number of aromatic nitrogens is 3. The van der Waals surface area contributed by atoms with Gasteiger partial charge in [-0.15, -0.1) is 5.10 Å². The lowest BCUT2D eigenvalue weighted by molar-refractivity contribution is -0.384.